The molecule has 7 nitrogen and oxygen atoms in total. The summed E-state index contributed by atoms with van der Waals surface area (Å²) in [6.07, 6.45) is 1.09. The van der Waals surface area contributed by atoms with Crippen LogP contribution in [0, 0.1) is 11.3 Å². The molecule has 0 aliphatic carbocycles. The second kappa shape index (κ2) is 10.0. The van der Waals surface area contributed by atoms with Gasteiger partial charge in [-0.2, -0.15) is 5.26 Å². The maximum Gasteiger partial charge on any atom is 0.320 e. The van der Waals surface area contributed by atoms with Gasteiger partial charge in [-0.3, -0.25) is 19.3 Å². The number of ether oxygens (including phenoxy) is 1. The first-order valence-electron chi connectivity index (χ1n) is 9.20. The van der Waals surface area contributed by atoms with E-state index in [-0.39, 0.29) is 43.2 Å². The first kappa shape index (κ1) is 20.9. The molecule has 2 rings (SSSR count). The van der Waals surface area contributed by atoms with Crippen LogP contribution in [-0.4, -0.2) is 53.1 Å². The second-order valence-corrected chi connectivity index (χ2v) is 6.95. The molecule has 146 valence electrons. The number of nitriles is 1. The summed E-state index contributed by atoms with van der Waals surface area (Å²) in [5.41, 5.74) is 0.910. The molecule has 1 aromatic carbocycles. The lowest BCUT2D eigenvalue weighted by molar-refractivity contribution is -0.219. The second-order valence-electron chi connectivity index (χ2n) is 6.95. The molecule has 1 aromatic rings. The number of rotatable bonds is 7. The molecule has 0 spiro atoms. The predicted octanol–water partition coefficient (Wildman–Crippen LogP) is 2.27. The van der Waals surface area contributed by atoms with Crippen molar-refractivity contribution in [1.82, 2.24) is 9.96 Å². The topological polar surface area (TPSA) is 82.9 Å². The van der Waals surface area contributed by atoms with Gasteiger partial charge in [-0.1, -0.05) is 30.3 Å². The lowest BCUT2D eigenvalue weighted by Crippen LogP contribution is -2.54. The molecule has 0 radical (unpaired) electrons. The van der Waals surface area contributed by atoms with Gasteiger partial charge in [0.2, 0.25) is 5.91 Å². The summed E-state index contributed by atoms with van der Waals surface area (Å²) in [7, 11) is 0. The zero-order valence-electron chi connectivity index (χ0n) is 16.1. The van der Waals surface area contributed by atoms with Crippen molar-refractivity contribution in [1.29, 1.82) is 5.26 Å². The van der Waals surface area contributed by atoms with E-state index in [1.54, 1.807) is 4.90 Å². The Morgan fingerprint density at radius 2 is 2.00 bits per heavy atom. The number of hydrogen-bond acceptors (Lipinski definition) is 6. The highest BCUT2D eigenvalue weighted by atomic mass is 16.7. The number of hydroxylamine groups is 2. The molecule has 0 saturated carbocycles. The van der Waals surface area contributed by atoms with Crippen molar-refractivity contribution < 1.29 is 19.2 Å². The minimum absolute atomic E-state index is 0.00891. The maximum absolute atomic E-state index is 12.2. The van der Waals surface area contributed by atoms with E-state index in [0.717, 1.165) is 5.56 Å². The van der Waals surface area contributed by atoms with Crippen molar-refractivity contribution in [3.63, 3.8) is 0 Å². The molecule has 2 atom stereocenters. The van der Waals surface area contributed by atoms with Crippen molar-refractivity contribution >= 4 is 11.9 Å². The highest BCUT2D eigenvalue weighted by Gasteiger charge is 2.35. The van der Waals surface area contributed by atoms with E-state index in [0.29, 0.717) is 19.4 Å². The van der Waals surface area contributed by atoms with Gasteiger partial charge in [-0.15, -0.1) is 0 Å². The molecule has 1 heterocycles. The Hall–Kier alpha value is -2.43. The Morgan fingerprint density at radius 3 is 2.59 bits per heavy atom. The van der Waals surface area contributed by atoms with Gasteiger partial charge in [-0.05, 0) is 32.3 Å². The summed E-state index contributed by atoms with van der Waals surface area (Å²) >= 11 is 0. The third kappa shape index (κ3) is 6.35. The normalized spacial score (nSPS) is 20.1. The van der Waals surface area contributed by atoms with Crippen molar-refractivity contribution in [2.75, 3.05) is 13.1 Å². The van der Waals surface area contributed by atoms with Gasteiger partial charge in [0.25, 0.3) is 0 Å². The number of nitrogens with zero attached hydrogens (tertiary/aromatic N) is 3. The molecule has 27 heavy (non-hydrogen) atoms. The Balaban J connectivity index is 1.96. The fraction of sp³-hybridized carbons (Fsp3) is 0.550. The molecule has 1 saturated heterocycles. The number of carbonyl (C=O) groups is 2. The molecule has 1 aliphatic heterocycles. The fourth-order valence-electron chi connectivity index (χ4n) is 3.13. The van der Waals surface area contributed by atoms with E-state index in [9.17, 15) is 14.9 Å². The first-order chi connectivity index (χ1) is 12.9. The van der Waals surface area contributed by atoms with Crippen LogP contribution in [-0.2, 0) is 25.8 Å². The highest BCUT2D eigenvalue weighted by molar-refractivity contribution is 5.73. The zero-order valence-corrected chi connectivity index (χ0v) is 16.1. The van der Waals surface area contributed by atoms with Gasteiger partial charge >= 0.3 is 5.97 Å². The summed E-state index contributed by atoms with van der Waals surface area (Å²) in [6.45, 7) is 5.77. The van der Waals surface area contributed by atoms with Gasteiger partial charge in [0.05, 0.1) is 30.8 Å². The summed E-state index contributed by atoms with van der Waals surface area (Å²) in [5.74, 6) is -0.574. The SMILES string of the molecule is CC(=O)N(OC(C)C)C1CCC(C#N)N(CC(=O)OCc2ccccc2)C1. The van der Waals surface area contributed by atoms with Crippen LogP contribution in [0.3, 0.4) is 0 Å². The quantitative estimate of drug-likeness (QED) is 0.539. The number of amides is 1. The molecule has 1 fully saturated rings. The number of benzene rings is 1. The first-order valence-corrected chi connectivity index (χ1v) is 9.20. The van der Waals surface area contributed by atoms with Crippen LogP contribution in [0.15, 0.2) is 30.3 Å². The van der Waals surface area contributed by atoms with E-state index in [2.05, 4.69) is 6.07 Å². The predicted molar refractivity (Wildman–Crippen MR) is 99.0 cm³/mol. The smallest absolute Gasteiger partial charge is 0.320 e. The van der Waals surface area contributed by atoms with Crippen LogP contribution in [0.25, 0.3) is 0 Å². The van der Waals surface area contributed by atoms with Gasteiger partial charge in [0.1, 0.15) is 6.61 Å². The Bertz CT molecular complexity index is 672. The Kier molecular flexibility index (Phi) is 7.77. The van der Waals surface area contributed by atoms with Crippen LogP contribution in [0.1, 0.15) is 39.2 Å². The minimum Gasteiger partial charge on any atom is -0.460 e. The summed E-state index contributed by atoms with van der Waals surface area (Å²) in [6, 6.07) is 11.1. The van der Waals surface area contributed by atoms with Crippen LogP contribution in [0.5, 0.6) is 0 Å². The van der Waals surface area contributed by atoms with Gasteiger partial charge in [0.15, 0.2) is 0 Å². The summed E-state index contributed by atoms with van der Waals surface area (Å²) in [4.78, 5) is 31.6. The average Bonchev–Trinajstić information content (AvgIpc) is 2.65. The fourth-order valence-corrected chi connectivity index (χ4v) is 3.13. The average molecular weight is 373 g/mol. The van der Waals surface area contributed by atoms with Gasteiger partial charge in [0, 0.05) is 13.5 Å². The zero-order chi connectivity index (χ0) is 19.8. The molecule has 1 aliphatic rings. The van der Waals surface area contributed by atoms with Gasteiger partial charge < -0.3 is 4.74 Å². The van der Waals surface area contributed by atoms with E-state index in [4.69, 9.17) is 9.57 Å². The molecule has 2 unspecified atom stereocenters. The molecule has 0 N–H and O–H groups in total. The Labute approximate surface area is 160 Å². The molecular formula is C20H27N3O4. The van der Waals surface area contributed by atoms with Crippen molar-refractivity contribution in [3.8, 4) is 6.07 Å². The van der Waals surface area contributed by atoms with Crippen molar-refractivity contribution in [3.05, 3.63) is 35.9 Å². The third-order valence-corrected chi connectivity index (χ3v) is 4.35. The highest BCUT2D eigenvalue weighted by Crippen LogP contribution is 2.22. The van der Waals surface area contributed by atoms with Crippen LogP contribution >= 0.6 is 0 Å². The number of hydrogen-bond donors (Lipinski definition) is 0. The molecule has 0 bridgehead atoms. The van der Waals surface area contributed by atoms with Crippen LogP contribution in [0.4, 0.5) is 0 Å². The van der Waals surface area contributed by atoms with Crippen molar-refractivity contribution in [2.45, 2.75) is 58.4 Å². The monoisotopic (exact) mass is 373 g/mol. The summed E-state index contributed by atoms with van der Waals surface area (Å²) in [5, 5.41) is 10.8. The minimum atomic E-state index is -0.390. The van der Waals surface area contributed by atoms with Crippen LogP contribution in [0.2, 0.25) is 0 Å². The molecule has 7 heteroatoms. The van der Waals surface area contributed by atoms with Gasteiger partial charge in [-0.25, -0.2) is 5.06 Å². The largest absolute Gasteiger partial charge is 0.460 e. The maximum atomic E-state index is 12.2. The van der Waals surface area contributed by atoms with Crippen LogP contribution < -0.4 is 0 Å². The Morgan fingerprint density at radius 1 is 1.30 bits per heavy atom. The standard InChI is InChI=1S/C20H27N3O4/c1-15(2)27-23(16(3)24)19-10-9-18(11-21)22(12-19)13-20(25)26-14-17-7-5-4-6-8-17/h4-8,15,18-19H,9-10,12-14H2,1-3H3. The summed E-state index contributed by atoms with van der Waals surface area (Å²) < 4.78 is 5.33. The van der Waals surface area contributed by atoms with E-state index >= 15 is 0 Å². The van der Waals surface area contributed by atoms with E-state index in [1.807, 2.05) is 44.2 Å². The molecule has 0 aromatic heterocycles. The number of carbonyl (C=O) groups excluding carboxylic acids is 2. The van der Waals surface area contributed by atoms with E-state index in [1.165, 1.54) is 12.0 Å². The number of likely N-dealkylation sites (tertiary alicyclic amines) is 1. The molecular weight excluding hydrogens is 346 g/mol. The van der Waals surface area contributed by atoms with Crippen molar-refractivity contribution in [2.24, 2.45) is 0 Å². The lowest BCUT2D eigenvalue weighted by Gasteiger charge is -2.40. The number of piperidine rings is 1. The third-order valence-electron chi connectivity index (χ3n) is 4.35. The number of esters is 1. The molecule has 1 amide bonds. The lowest BCUT2D eigenvalue weighted by atomic mass is 9.98. The van der Waals surface area contributed by atoms with E-state index < -0.39 is 0 Å².